The summed E-state index contributed by atoms with van der Waals surface area (Å²) in [6.07, 6.45) is 1.71. The quantitative estimate of drug-likeness (QED) is 0.496. The molecule has 1 aliphatic rings. The fraction of sp³-hybridized carbons (Fsp3) is 0.611. The van der Waals surface area contributed by atoms with E-state index >= 15 is 0 Å². The average Bonchev–Trinajstić information content (AvgIpc) is 3.07. The third-order valence-electron chi connectivity index (χ3n) is 4.36. The van der Waals surface area contributed by atoms with Crippen LogP contribution in [0.1, 0.15) is 25.3 Å². The number of aliphatic imine (C=N–C) groups is 1. The number of nitrogens with one attached hydrogen (secondary N) is 2. The first kappa shape index (κ1) is 18.5. The molecule has 0 amide bonds. The van der Waals surface area contributed by atoms with Crippen LogP contribution in [0.15, 0.2) is 29.3 Å². The molecule has 1 aromatic rings. The van der Waals surface area contributed by atoms with Crippen molar-refractivity contribution in [2.45, 2.75) is 26.3 Å². The van der Waals surface area contributed by atoms with Gasteiger partial charge in [0.05, 0.1) is 20.3 Å². The van der Waals surface area contributed by atoms with Crippen LogP contribution in [0.2, 0.25) is 0 Å². The van der Waals surface area contributed by atoms with Gasteiger partial charge in [-0.2, -0.15) is 0 Å². The summed E-state index contributed by atoms with van der Waals surface area (Å²) in [6.45, 7) is 5.81. The zero-order valence-electron chi connectivity index (χ0n) is 14.7. The highest BCUT2D eigenvalue weighted by Gasteiger charge is 2.34. The molecule has 0 spiro atoms. The zero-order chi connectivity index (χ0) is 17.3. The molecule has 24 heavy (non-hydrogen) atoms. The van der Waals surface area contributed by atoms with Gasteiger partial charge in [-0.15, -0.1) is 0 Å². The lowest BCUT2D eigenvalue weighted by molar-refractivity contribution is 0.127. The molecule has 1 unspecified atom stereocenters. The predicted octanol–water partition coefficient (Wildman–Crippen LogP) is 1.54. The molecule has 1 atom stereocenters. The third-order valence-corrected chi connectivity index (χ3v) is 4.36. The molecule has 0 aromatic heterocycles. The van der Waals surface area contributed by atoms with Gasteiger partial charge in [0.2, 0.25) is 0 Å². The topological polar surface area (TPSA) is 75.1 Å². The van der Waals surface area contributed by atoms with E-state index in [0.29, 0.717) is 13.2 Å². The van der Waals surface area contributed by atoms with E-state index in [9.17, 15) is 5.11 Å². The minimum Gasteiger partial charge on any atom is -0.497 e. The fourth-order valence-electron chi connectivity index (χ4n) is 2.87. The number of rotatable bonds is 8. The highest BCUT2D eigenvalue weighted by molar-refractivity contribution is 5.79. The molecule has 1 saturated heterocycles. The number of nitrogens with zero attached hydrogens (tertiary/aromatic N) is 1. The number of benzene rings is 1. The van der Waals surface area contributed by atoms with Crippen LogP contribution in [0.5, 0.6) is 5.75 Å². The lowest BCUT2D eigenvalue weighted by Gasteiger charge is -2.27. The number of methoxy groups -OCH3 is 1. The summed E-state index contributed by atoms with van der Waals surface area (Å²) in [4.78, 5) is 4.65. The highest BCUT2D eigenvalue weighted by atomic mass is 16.5. The second-order valence-corrected chi connectivity index (χ2v) is 6.18. The van der Waals surface area contributed by atoms with Crippen molar-refractivity contribution in [3.63, 3.8) is 0 Å². The molecule has 1 fully saturated rings. The lowest BCUT2D eigenvalue weighted by atomic mass is 9.84. The fourth-order valence-corrected chi connectivity index (χ4v) is 2.87. The second-order valence-electron chi connectivity index (χ2n) is 6.18. The Labute approximate surface area is 144 Å². The second kappa shape index (κ2) is 9.49. The van der Waals surface area contributed by atoms with Crippen molar-refractivity contribution >= 4 is 5.96 Å². The van der Waals surface area contributed by atoms with Crippen LogP contribution >= 0.6 is 0 Å². The van der Waals surface area contributed by atoms with Crippen LogP contribution in [0.3, 0.4) is 0 Å². The first-order chi connectivity index (χ1) is 11.7. The molecule has 0 aliphatic carbocycles. The lowest BCUT2D eigenvalue weighted by Crippen LogP contribution is -2.44. The van der Waals surface area contributed by atoms with Crippen molar-refractivity contribution in [1.29, 1.82) is 0 Å². The molecule has 6 heteroatoms. The van der Waals surface area contributed by atoms with E-state index in [2.05, 4.69) is 15.6 Å². The maximum Gasteiger partial charge on any atom is 0.191 e. The van der Waals surface area contributed by atoms with E-state index < -0.39 is 0 Å². The molecule has 6 nitrogen and oxygen atoms in total. The summed E-state index contributed by atoms with van der Waals surface area (Å²) in [5.74, 6) is 1.62. The number of hydrogen-bond acceptors (Lipinski definition) is 4. The van der Waals surface area contributed by atoms with Crippen LogP contribution in [0, 0.1) is 5.41 Å². The Morgan fingerprint density at radius 1 is 1.42 bits per heavy atom. The van der Waals surface area contributed by atoms with E-state index in [1.54, 1.807) is 7.11 Å². The number of aliphatic hydroxyl groups is 1. The molecular formula is C18H29N3O3. The van der Waals surface area contributed by atoms with Crippen molar-refractivity contribution < 1.29 is 14.6 Å². The molecule has 0 radical (unpaired) electrons. The summed E-state index contributed by atoms with van der Waals surface area (Å²) in [7, 11) is 1.66. The largest absolute Gasteiger partial charge is 0.497 e. The van der Waals surface area contributed by atoms with Gasteiger partial charge in [0.15, 0.2) is 5.96 Å². The minimum absolute atomic E-state index is 0.000901. The Kier molecular flexibility index (Phi) is 7.34. The number of aliphatic hydroxyl groups excluding tert-OH is 1. The van der Waals surface area contributed by atoms with Crippen LogP contribution in [0.25, 0.3) is 0 Å². The van der Waals surface area contributed by atoms with E-state index in [0.717, 1.165) is 49.8 Å². The van der Waals surface area contributed by atoms with Gasteiger partial charge in [-0.25, -0.2) is 4.99 Å². The van der Waals surface area contributed by atoms with Gasteiger partial charge in [-0.3, -0.25) is 0 Å². The monoisotopic (exact) mass is 335 g/mol. The average molecular weight is 335 g/mol. The summed E-state index contributed by atoms with van der Waals surface area (Å²) in [5, 5.41) is 16.0. The summed E-state index contributed by atoms with van der Waals surface area (Å²) in [6, 6.07) is 7.92. The van der Waals surface area contributed by atoms with Gasteiger partial charge in [0.1, 0.15) is 5.75 Å². The Morgan fingerprint density at radius 3 is 2.96 bits per heavy atom. The van der Waals surface area contributed by atoms with Gasteiger partial charge in [-0.1, -0.05) is 12.1 Å². The van der Waals surface area contributed by atoms with Gasteiger partial charge in [0, 0.05) is 31.7 Å². The number of hydrogen-bond donors (Lipinski definition) is 3. The number of guanidine groups is 1. The van der Waals surface area contributed by atoms with Gasteiger partial charge in [-0.05, 0) is 37.5 Å². The molecule has 0 bridgehead atoms. The zero-order valence-corrected chi connectivity index (χ0v) is 14.7. The molecule has 3 N–H and O–H groups in total. The van der Waals surface area contributed by atoms with Gasteiger partial charge < -0.3 is 25.2 Å². The summed E-state index contributed by atoms with van der Waals surface area (Å²) >= 11 is 0. The van der Waals surface area contributed by atoms with Gasteiger partial charge >= 0.3 is 0 Å². The Hall–Kier alpha value is -1.79. The molecule has 1 heterocycles. The standard InChI is InChI=1S/C18H29N3O3/c1-3-19-17(20-12-15-5-4-6-16(11-15)23-2)21-13-18(7-9-22)8-10-24-14-18/h4-6,11,22H,3,7-10,12-14H2,1-2H3,(H2,19,20,21). The van der Waals surface area contributed by atoms with Crippen molar-refractivity contribution in [2.75, 3.05) is 40.0 Å². The van der Waals surface area contributed by atoms with Gasteiger partial charge in [0.25, 0.3) is 0 Å². The van der Waals surface area contributed by atoms with Crippen molar-refractivity contribution in [3.05, 3.63) is 29.8 Å². The first-order valence-corrected chi connectivity index (χ1v) is 8.55. The Morgan fingerprint density at radius 2 is 2.29 bits per heavy atom. The molecule has 0 saturated carbocycles. The van der Waals surface area contributed by atoms with Crippen LogP contribution in [-0.4, -0.2) is 51.1 Å². The third kappa shape index (κ3) is 5.39. The van der Waals surface area contributed by atoms with Crippen LogP contribution in [0.4, 0.5) is 0 Å². The van der Waals surface area contributed by atoms with E-state index in [4.69, 9.17) is 9.47 Å². The maximum atomic E-state index is 9.32. The maximum absolute atomic E-state index is 9.32. The highest BCUT2D eigenvalue weighted by Crippen LogP contribution is 2.31. The van der Waals surface area contributed by atoms with E-state index in [1.807, 2.05) is 31.2 Å². The summed E-state index contributed by atoms with van der Waals surface area (Å²) < 4.78 is 10.8. The molecule has 2 rings (SSSR count). The number of ether oxygens (including phenoxy) is 2. The van der Waals surface area contributed by atoms with E-state index in [-0.39, 0.29) is 12.0 Å². The Balaban J connectivity index is 1.97. The SMILES string of the molecule is CCNC(=NCc1cccc(OC)c1)NCC1(CCO)CCOC1. The molecule has 1 aromatic carbocycles. The van der Waals surface area contributed by atoms with Crippen molar-refractivity contribution in [2.24, 2.45) is 10.4 Å². The van der Waals surface area contributed by atoms with E-state index in [1.165, 1.54) is 0 Å². The van der Waals surface area contributed by atoms with Crippen LogP contribution < -0.4 is 15.4 Å². The predicted molar refractivity (Wildman–Crippen MR) is 95.4 cm³/mol. The molecule has 134 valence electrons. The first-order valence-electron chi connectivity index (χ1n) is 8.55. The normalized spacial score (nSPS) is 20.9. The van der Waals surface area contributed by atoms with Crippen molar-refractivity contribution in [3.8, 4) is 5.75 Å². The minimum atomic E-state index is 0.000901. The summed E-state index contributed by atoms with van der Waals surface area (Å²) in [5.41, 5.74) is 1.10. The molecular weight excluding hydrogens is 306 g/mol. The van der Waals surface area contributed by atoms with Crippen molar-refractivity contribution in [1.82, 2.24) is 10.6 Å². The van der Waals surface area contributed by atoms with Crippen LogP contribution in [-0.2, 0) is 11.3 Å². The smallest absolute Gasteiger partial charge is 0.191 e. The molecule has 1 aliphatic heterocycles. The Bertz CT molecular complexity index is 528.